The molecule has 28 heavy (non-hydrogen) atoms. The number of thioether (sulfide) groups is 1. The summed E-state index contributed by atoms with van der Waals surface area (Å²) in [6.07, 6.45) is 0. The first kappa shape index (κ1) is 17.4. The fourth-order valence-corrected chi connectivity index (χ4v) is 5.17. The molecule has 1 aliphatic heterocycles. The second-order valence-electron chi connectivity index (χ2n) is 6.34. The standard InChI is InChI=1S/C20H18N4O2S2/c1-25-17-7-15-16(8-18(17)26-2)24-13(11-28-20(24)23-15)10-27-19-21-9-12-5-3-4-6-14(12)22-19/h3-8,11H,9-10H2,1-2H3,(H,21,22). The van der Waals surface area contributed by atoms with Gasteiger partial charge in [-0.3, -0.25) is 9.39 Å². The van der Waals surface area contributed by atoms with Crippen molar-refractivity contribution in [3.8, 4) is 11.5 Å². The molecule has 0 aliphatic carbocycles. The molecule has 3 heterocycles. The molecule has 5 rings (SSSR count). The van der Waals surface area contributed by atoms with Crippen LogP contribution in [0.4, 0.5) is 5.69 Å². The molecule has 0 unspecified atom stereocenters. The zero-order valence-electron chi connectivity index (χ0n) is 15.4. The number of nitrogens with one attached hydrogen (secondary N) is 1. The number of hydrogen-bond acceptors (Lipinski definition) is 7. The third-order valence-electron chi connectivity index (χ3n) is 4.73. The number of rotatable bonds is 4. The Morgan fingerprint density at radius 3 is 2.86 bits per heavy atom. The van der Waals surface area contributed by atoms with Crippen LogP contribution < -0.4 is 14.8 Å². The van der Waals surface area contributed by atoms with Crippen LogP contribution in [-0.2, 0) is 12.3 Å². The SMILES string of the molecule is COc1cc2nc3scc(CSC4=NCc5ccccc5N4)n3c2cc1OC. The van der Waals surface area contributed by atoms with E-state index >= 15 is 0 Å². The van der Waals surface area contributed by atoms with Gasteiger partial charge in [-0.2, -0.15) is 0 Å². The van der Waals surface area contributed by atoms with Gasteiger partial charge in [-0.25, -0.2) is 4.98 Å². The van der Waals surface area contributed by atoms with Crippen LogP contribution in [0.25, 0.3) is 16.0 Å². The fraction of sp³-hybridized carbons (Fsp3) is 0.200. The summed E-state index contributed by atoms with van der Waals surface area (Å²) >= 11 is 3.34. The van der Waals surface area contributed by atoms with Crippen LogP contribution in [-0.4, -0.2) is 28.8 Å². The van der Waals surface area contributed by atoms with E-state index in [0.717, 1.165) is 39.1 Å². The Hall–Kier alpha value is -2.71. The summed E-state index contributed by atoms with van der Waals surface area (Å²) in [5.74, 6) is 2.20. The molecule has 2 aromatic heterocycles. The Kier molecular flexibility index (Phi) is 4.37. The van der Waals surface area contributed by atoms with Gasteiger partial charge < -0.3 is 14.8 Å². The van der Waals surface area contributed by atoms with E-state index in [-0.39, 0.29) is 0 Å². The highest BCUT2D eigenvalue weighted by Crippen LogP contribution is 2.35. The van der Waals surface area contributed by atoms with Crippen molar-refractivity contribution < 1.29 is 9.47 Å². The Balaban J connectivity index is 1.44. The molecule has 6 nitrogen and oxygen atoms in total. The monoisotopic (exact) mass is 410 g/mol. The van der Waals surface area contributed by atoms with Gasteiger partial charge in [0.2, 0.25) is 0 Å². The molecular formula is C20H18N4O2S2. The quantitative estimate of drug-likeness (QED) is 0.525. The van der Waals surface area contributed by atoms with E-state index in [1.165, 1.54) is 11.3 Å². The van der Waals surface area contributed by atoms with Crippen molar-refractivity contribution in [3.63, 3.8) is 0 Å². The summed E-state index contributed by atoms with van der Waals surface area (Å²) in [5, 5.41) is 6.53. The van der Waals surface area contributed by atoms with Crippen molar-refractivity contribution >= 4 is 49.9 Å². The van der Waals surface area contributed by atoms with E-state index in [1.807, 2.05) is 24.3 Å². The highest BCUT2D eigenvalue weighted by atomic mass is 32.2. The van der Waals surface area contributed by atoms with Gasteiger partial charge in [-0.1, -0.05) is 30.0 Å². The minimum Gasteiger partial charge on any atom is -0.493 e. The molecule has 0 atom stereocenters. The molecule has 0 radical (unpaired) electrons. The largest absolute Gasteiger partial charge is 0.493 e. The molecule has 142 valence electrons. The smallest absolute Gasteiger partial charge is 0.194 e. The lowest BCUT2D eigenvalue weighted by molar-refractivity contribution is 0.355. The van der Waals surface area contributed by atoms with Gasteiger partial charge in [0, 0.05) is 34.6 Å². The molecule has 1 aliphatic rings. The number of thiazole rings is 1. The first-order valence-electron chi connectivity index (χ1n) is 8.79. The van der Waals surface area contributed by atoms with Crippen LogP contribution in [0.5, 0.6) is 11.5 Å². The van der Waals surface area contributed by atoms with Gasteiger partial charge in [0.1, 0.15) is 0 Å². The average molecular weight is 411 g/mol. The van der Waals surface area contributed by atoms with Crippen molar-refractivity contribution in [2.24, 2.45) is 4.99 Å². The average Bonchev–Trinajstić information content (AvgIpc) is 3.29. The van der Waals surface area contributed by atoms with E-state index in [0.29, 0.717) is 11.5 Å². The summed E-state index contributed by atoms with van der Waals surface area (Å²) in [6, 6.07) is 12.2. The number of imidazole rings is 1. The lowest BCUT2D eigenvalue weighted by Crippen LogP contribution is -2.14. The highest BCUT2D eigenvalue weighted by molar-refractivity contribution is 8.13. The van der Waals surface area contributed by atoms with Gasteiger partial charge in [-0.15, -0.1) is 11.3 Å². The number of anilines is 1. The third-order valence-corrected chi connectivity index (χ3v) is 6.54. The van der Waals surface area contributed by atoms with Crippen molar-refractivity contribution in [1.82, 2.24) is 9.38 Å². The summed E-state index contributed by atoms with van der Waals surface area (Å²) in [4.78, 5) is 10.4. The lowest BCUT2D eigenvalue weighted by atomic mass is 10.1. The van der Waals surface area contributed by atoms with Gasteiger partial charge in [-0.05, 0) is 11.6 Å². The number of amidine groups is 1. The number of benzene rings is 2. The zero-order chi connectivity index (χ0) is 19.1. The maximum atomic E-state index is 5.47. The first-order valence-corrected chi connectivity index (χ1v) is 10.7. The Morgan fingerprint density at radius 1 is 1.18 bits per heavy atom. The van der Waals surface area contributed by atoms with Crippen molar-refractivity contribution in [2.45, 2.75) is 12.3 Å². The number of methoxy groups -OCH3 is 2. The van der Waals surface area contributed by atoms with E-state index in [1.54, 1.807) is 37.3 Å². The van der Waals surface area contributed by atoms with Crippen LogP contribution in [0.2, 0.25) is 0 Å². The summed E-state index contributed by atoms with van der Waals surface area (Å²) in [5.41, 5.74) is 5.47. The molecule has 8 heteroatoms. The van der Waals surface area contributed by atoms with Crippen molar-refractivity contribution in [3.05, 3.63) is 53.0 Å². The van der Waals surface area contributed by atoms with Gasteiger partial charge in [0.15, 0.2) is 21.6 Å². The van der Waals surface area contributed by atoms with Crippen molar-refractivity contribution in [2.75, 3.05) is 19.5 Å². The highest BCUT2D eigenvalue weighted by Gasteiger charge is 2.17. The Bertz CT molecular complexity index is 1210. The minimum atomic E-state index is 0.691. The topological polar surface area (TPSA) is 60.2 Å². The zero-order valence-corrected chi connectivity index (χ0v) is 17.1. The van der Waals surface area contributed by atoms with Crippen molar-refractivity contribution in [1.29, 1.82) is 0 Å². The number of nitrogens with zero attached hydrogens (tertiary/aromatic N) is 3. The predicted molar refractivity (Wildman–Crippen MR) is 116 cm³/mol. The number of para-hydroxylation sites is 1. The molecular weight excluding hydrogens is 392 g/mol. The Morgan fingerprint density at radius 2 is 2.00 bits per heavy atom. The summed E-state index contributed by atoms with van der Waals surface area (Å²) in [7, 11) is 3.29. The second kappa shape index (κ2) is 7.03. The predicted octanol–water partition coefficient (Wildman–Crippen LogP) is 4.78. The number of fused-ring (bicyclic) bond motifs is 4. The normalized spacial score (nSPS) is 13.3. The molecule has 1 N–H and O–H groups in total. The third kappa shape index (κ3) is 2.89. The summed E-state index contributed by atoms with van der Waals surface area (Å²) in [6.45, 7) is 0.718. The number of ether oxygens (including phenoxy) is 2. The molecule has 0 saturated heterocycles. The summed E-state index contributed by atoms with van der Waals surface area (Å²) < 4.78 is 13.1. The first-order chi connectivity index (χ1) is 13.8. The van der Waals surface area contributed by atoms with Gasteiger partial charge in [0.25, 0.3) is 0 Å². The molecule has 0 saturated carbocycles. The van der Waals surface area contributed by atoms with Crippen LogP contribution in [0.15, 0.2) is 46.8 Å². The van der Waals surface area contributed by atoms with Crippen LogP contribution in [0, 0.1) is 0 Å². The maximum absolute atomic E-state index is 5.47. The van der Waals surface area contributed by atoms with Crippen LogP contribution >= 0.6 is 23.1 Å². The fourth-order valence-electron chi connectivity index (χ4n) is 3.33. The van der Waals surface area contributed by atoms with E-state index in [9.17, 15) is 0 Å². The number of aromatic nitrogens is 2. The molecule has 4 aromatic rings. The van der Waals surface area contributed by atoms with E-state index in [2.05, 4.69) is 32.2 Å². The minimum absolute atomic E-state index is 0.691. The van der Waals surface area contributed by atoms with Crippen LogP contribution in [0.1, 0.15) is 11.3 Å². The molecule has 2 aromatic carbocycles. The van der Waals surface area contributed by atoms with Gasteiger partial charge in [0.05, 0.1) is 31.8 Å². The maximum Gasteiger partial charge on any atom is 0.194 e. The number of aliphatic imine (C=N–C) groups is 1. The lowest BCUT2D eigenvalue weighted by Gasteiger charge is -2.17. The van der Waals surface area contributed by atoms with Gasteiger partial charge >= 0.3 is 0 Å². The Labute approximate surface area is 170 Å². The molecule has 0 spiro atoms. The number of hydrogen-bond donors (Lipinski definition) is 1. The van der Waals surface area contributed by atoms with Crippen LogP contribution in [0.3, 0.4) is 0 Å². The van der Waals surface area contributed by atoms with E-state index in [4.69, 9.17) is 14.5 Å². The van der Waals surface area contributed by atoms with E-state index < -0.39 is 0 Å². The second-order valence-corrected chi connectivity index (χ2v) is 8.15. The molecule has 0 amide bonds. The molecule has 0 bridgehead atoms. The molecule has 0 fully saturated rings.